The molecule has 1 nitrogen and oxygen atoms in total. The number of aromatic nitrogens is 1. The summed E-state index contributed by atoms with van der Waals surface area (Å²) >= 11 is 0. The van der Waals surface area contributed by atoms with Gasteiger partial charge in [0.1, 0.15) is 0 Å². The molecule has 77 valence electrons. The Labute approximate surface area is 94.7 Å². The molecule has 0 aliphatic rings. The van der Waals surface area contributed by atoms with Gasteiger partial charge in [-0.05, 0) is 24.8 Å². The summed E-state index contributed by atoms with van der Waals surface area (Å²) in [6.07, 6.45) is 0.728. The first kappa shape index (κ1) is 9.34. The average molecular weight is 206 g/mol. The first-order valence-electron chi connectivity index (χ1n) is 5.46. The maximum Gasteiger partial charge on any atom is 0.0711 e. The molecule has 2 aromatic carbocycles. The van der Waals surface area contributed by atoms with Crippen molar-refractivity contribution in [3.05, 3.63) is 61.1 Å². The lowest BCUT2D eigenvalue weighted by Gasteiger charge is -2.07. The van der Waals surface area contributed by atoms with Gasteiger partial charge in [-0.1, -0.05) is 42.5 Å². The van der Waals surface area contributed by atoms with Crippen LogP contribution in [-0.2, 0) is 6.42 Å². The van der Waals surface area contributed by atoms with Gasteiger partial charge in [-0.15, -0.1) is 0 Å². The van der Waals surface area contributed by atoms with Crippen molar-refractivity contribution in [3.8, 4) is 0 Å². The fourth-order valence-corrected chi connectivity index (χ4v) is 2.16. The van der Waals surface area contributed by atoms with Crippen LogP contribution in [0.25, 0.3) is 21.7 Å². The van der Waals surface area contributed by atoms with Crippen molar-refractivity contribution >= 4 is 21.7 Å². The van der Waals surface area contributed by atoms with Gasteiger partial charge in [0.2, 0.25) is 0 Å². The van der Waals surface area contributed by atoms with E-state index in [0.29, 0.717) is 0 Å². The van der Waals surface area contributed by atoms with E-state index in [1.807, 2.05) is 6.07 Å². The van der Waals surface area contributed by atoms with Crippen molar-refractivity contribution in [1.82, 2.24) is 4.98 Å². The zero-order valence-electron chi connectivity index (χ0n) is 8.98. The minimum atomic E-state index is 0.728. The zero-order valence-corrected chi connectivity index (χ0v) is 8.98. The Balaban J connectivity index is 2.57. The normalized spacial score (nSPS) is 11.1. The molecule has 0 N–H and O–H groups in total. The second-order valence-electron chi connectivity index (χ2n) is 3.87. The van der Waals surface area contributed by atoms with E-state index >= 15 is 0 Å². The third-order valence-electron chi connectivity index (χ3n) is 2.92. The molecule has 0 fully saturated rings. The van der Waals surface area contributed by atoms with E-state index in [0.717, 1.165) is 17.6 Å². The van der Waals surface area contributed by atoms with Crippen LogP contribution in [0.5, 0.6) is 0 Å². The minimum absolute atomic E-state index is 0.728. The standard InChI is InChI=1S/C15H12N/c1-2-14-12-8-4-3-7-11(12)13-9-5-6-10-15(13)16-14/h3-10H,1-2H2. The van der Waals surface area contributed by atoms with Gasteiger partial charge in [-0.3, -0.25) is 4.98 Å². The SMILES string of the molecule is [CH2]Cc1nc2ccccc2c2ccccc12. The van der Waals surface area contributed by atoms with Crippen molar-refractivity contribution in [2.24, 2.45) is 0 Å². The van der Waals surface area contributed by atoms with Crippen molar-refractivity contribution in [2.75, 3.05) is 0 Å². The Morgan fingerprint density at radius 2 is 1.44 bits per heavy atom. The van der Waals surface area contributed by atoms with Gasteiger partial charge >= 0.3 is 0 Å². The number of hydrogen-bond donors (Lipinski definition) is 0. The molecule has 1 heterocycles. The van der Waals surface area contributed by atoms with Gasteiger partial charge in [0.15, 0.2) is 0 Å². The Morgan fingerprint density at radius 3 is 2.19 bits per heavy atom. The van der Waals surface area contributed by atoms with E-state index < -0.39 is 0 Å². The zero-order chi connectivity index (χ0) is 11.0. The summed E-state index contributed by atoms with van der Waals surface area (Å²) in [5.74, 6) is 0. The third-order valence-corrected chi connectivity index (χ3v) is 2.92. The van der Waals surface area contributed by atoms with Crippen molar-refractivity contribution < 1.29 is 0 Å². The maximum absolute atomic E-state index is 4.66. The van der Waals surface area contributed by atoms with Gasteiger partial charge < -0.3 is 0 Å². The van der Waals surface area contributed by atoms with E-state index in [1.165, 1.54) is 16.2 Å². The summed E-state index contributed by atoms with van der Waals surface area (Å²) < 4.78 is 0. The number of nitrogens with zero attached hydrogens (tertiary/aromatic N) is 1. The number of para-hydroxylation sites is 1. The summed E-state index contributed by atoms with van der Waals surface area (Å²) in [6, 6.07) is 16.7. The second-order valence-corrected chi connectivity index (χ2v) is 3.87. The molecule has 3 rings (SSSR count). The van der Waals surface area contributed by atoms with Gasteiger partial charge in [-0.2, -0.15) is 0 Å². The second kappa shape index (κ2) is 3.60. The first-order chi connectivity index (χ1) is 7.90. The Morgan fingerprint density at radius 1 is 0.812 bits per heavy atom. The Kier molecular flexibility index (Phi) is 2.10. The molecule has 0 aliphatic carbocycles. The number of pyridine rings is 1. The van der Waals surface area contributed by atoms with Crippen molar-refractivity contribution in [3.63, 3.8) is 0 Å². The molecule has 1 radical (unpaired) electrons. The van der Waals surface area contributed by atoms with E-state index in [9.17, 15) is 0 Å². The number of rotatable bonds is 1. The van der Waals surface area contributed by atoms with Gasteiger partial charge in [-0.25, -0.2) is 0 Å². The van der Waals surface area contributed by atoms with Gasteiger partial charge in [0.05, 0.1) is 5.52 Å². The molecule has 0 unspecified atom stereocenters. The number of hydrogen-bond acceptors (Lipinski definition) is 1. The molecule has 0 saturated heterocycles. The summed E-state index contributed by atoms with van der Waals surface area (Å²) in [4.78, 5) is 4.66. The predicted octanol–water partition coefficient (Wildman–Crippen LogP) is 3.76. The third kappa shape index (κ3) is 1.28. The molecule has 0 saturated carbocycles. The van der Waals surface area contributed by atoms with Crippen LogP contribution in [0, 0.1) is 6.92 Å². The minimum Gasteiger partial charge on any atom is -0.252 e. The fourth-order valence-electron chi connectivity index (χ4n) is 2.16. The predicted molar refractivity (Wildman–Crippen MR) is 68.3 cm³/mol. The first-order valence-corrected chi connectivity index (χ1v) is 5.46. The van der Waals surface area contributed by atoms with Crippen molar-refractivity contribution in [2.45, 2.75) is 6.42 Å². The number of benzene rings is 2. The molecule has 1 heteroatoms. The van der Waals surface area contributed by atoms with Crippen LogP contribution in [0.1, 0.15) is 5.69 Å². The van der Waals surface area contributed by atoms with Crippen LogP contribution in [0.15, 0.2) is 48.5 Å². The molecule has 0 bridgehead atoms. The average Bonchev–Trinajstić information content (AvgIpc) is 2.38. The molecule has 3 aromatic rings. The largest absolute Gasteiger partial charge is 0.252 e. The molecule has 16 heavy (non-hydrogen) atoms. The van der Waals surface area contributed by atoms with E-state index in [2.05, 4.69) is 54.4 Å². The van der Waals surface area contributed by atoms with Crippen LogP contribution in [0.3, 0.4) is 0 Å². The van der Waals surface area contributed by atoms with Crippen LogP contribution in [0.4, 0.5) is 0 Å². The lowest BCUT2D eigenvalue weighted by molar-refractivity contribution is 1.17. The highest BCUT2D eigenvalue weighted by Crippen LogP contribution is 2.26. The highest BCUT2D eigenvalue weighted by molar-refractivity contribution is 6.06. The molecule has 0 amide bonds. The van der Waals surface area contributed by atoms with Crippen LogP contribution >= 0.6 is 0 Å². The van der Waals surface area contributed by atoms with Crippen LogP contribution < -0.4 is 0 Å². The summed E-state index contributed by atoms with van der Waals surface area (Å²) in [5.41, 5.74) is 2.13. The molecule has 1 aromatic heterocycles. The van der Waals surface area contributed by atoms with E-state index in [4.69, 9.17) is 0 Å². The molecule has 0 atom stereocenters. The van der Waals surface area contributed by atoms with Crippen molar-refractivity contribution in [1.29, 1.82) is 0 Å². The summed E-state index contributed by atoms with van der Waals surface area (Å²) in [5, 5.41) is 3.71. The fraction of sp³-hybridized carbons (Fsp3) is 0.0667. The summed E-state index contributed by atoms with van der Waals surface area (Å²) in [7, 11) is 0. The van der Waals surface area contributed by atoms with Crippen LogP contribution in [-0.4, -0.2) is 4.98 Å². The molecular weight excluding hydrogens is 194 g/mol. The highest BCUT2D eigenvalue weighted by Gasteiger charge is 2.05. The van der Waals surface area contributed by atoms with Gasteiger partial charge in [0.25, 0.3) is 0 Å². The molecule has 0 aliphatic heterocycles. The van der Waals surface area contributed by atoms with Crippen LogP contribution in [0.2, 0.25) is 0 Å². The van der Waals surface area contributed by atoms with E-state index in [1.54, 1.807) is 0 Å². The smallest absolute Gasteiger partial charge is 0.0711 e. The quantitative estimate of drug-likeness (QED) is 0.552. The lowest BCUT2D eigenvalue weighted by atomic mass is 10.0. The topological polar surface area (TPSA) is 12.9 Å². The molecule has 0 spiro atoms. The molecular formula is C15H12N. The maximum atomic E-state index is 4.66. The van der Waals surface area contributed by atoms with Gasteiger partial charge in [0, 0.05) is 16.5 Å². The van der Waals surface area contributed by atoms with E-state index in [-0.39, 0.29) is 0 Å². The Hall–Kier alpha value is -1.89. The highest BCUT2D eigenvalue weighted by atomic mass is 14.7. The summed E-state index contributed by atoms with van der Waals surface area (Å²) in [6.45, 7) is 3.95. The lowest BCUT2D eigenvalue weighted by Crippen LogP contribution is -1.91. The Bertz CT molecular complexity index is 656. The number of fused-ring (bicyclic) bond motifs is 3. The monoisotopic (exact) mass is 206 g/mol.